The fourth-order valence-electron chi connectivity index (χ4n) is 13.3. The molecule has 14 rings (SSSR count). The largest absolute Gasteiger partial charge is 0.311 e. The average molecular weight is 973 g/mol. The number of thiophene rings is 1. The molecule has 0 fully saturated rings. The maximum Gasteiger partial charge on any atom is 0.264 e. The predicted octanol–water partition coefficient (Wildman–Crippen LogP) is 17.2. The monoisotopic (exact) mass is 972 g/mol. The van der Waals surface area contributed by atoms with Gasteiger partial charge in [0.2, 0.25) is 0 Å². The van der Waals surface area contributed by atoms with Gasteiger partial charge in [0.05, 0.1) is 11.1 Å². The Balaban J connectivity index is 1.08. The SMILES string of the molecule is Cc1cc2c3c(c1)N(c1ccc(C(C)(C)C)cc1)c1c(sc4cc5c(cc14)-c1ccc(C(C)(C)C)cc1C51c4ccccc4-c4ccccc41)B3c1ccc(-c3ccccc3)cc1N2c1ccc(C(C)(C)C)cc1. The Kier molecular flexibility index (Phi) is 9.52. The molecule has 0 bridgehead atoms. The summed E-state index contributed by atoms with van der Waals surface area (Å²) in [6.45, 7) is 23.2. The molecule has 0 saturated heterocycles. The first kappa shape index (κ1) is 45.2. The highest BCUT2D eigenvalue weighted by Gasteiger charge is 2.53. The molecule has 1 spiro atoms. The second-order valence-corrected chi connectivity index (χ2v) is 25.7. The number of nitrogens with zero attached hydrogens (tertiary/aromatic N) is 2. The van der Waals surface area contributed by atoms with Gasteiger partial charge in [-0.1, -0.05) is 196 Å². The third-order valence-electron chi connectivity index (χ3n) is 17.0. The first-order valence-corrected chi connectivity index (χ1v) is 27.4. The molecule has 2 aliphatic heterocycles. The number of benzene rings is 9. The standard InChI is InChI=1S/C70H61BN2S/c1-42-36-61-64-62(37-42)73(49-32-27-46(28-33-49)68(5,6)7)65-54-40-53-52-34-29-47(69(8,9)10)39-57(52)70(55-22-16-14-20-50(55)51-21-15-17-23-56(51)70)58(53)41-63(54)74-66(65)71(64)59-35-24-44(43-18-12-11-13-19-43)38-60(59)72(61)48-30-25-45(26-31-48)67(2,3)4/h11-41H,1-10H3. The van der Waals surface area contributed by atoms with Crippen molar-refractivity contribution in [3.8, 4) is 33.4 Å². The first-order chi connectivity index (χ1) is 35.5. The van der Waals surface area contributed by atoms with Gasteiger partial charge in [0.25, 0.3) is 6.71 Å². The molecule has 0 unspecified atom stereocenters. The molecule has 4 aliphatic rings. The average Bonchev–Trinajstić information content (AvgIpc) is 4.06. The number of aryl methyl sites for hydroxylation is 1. The molecule has 4 heteroatoms. The Morgan fingerprint density at radius 2 is 0.946 bits per heavy atom. The Labute approximate surface area is 442 Å². The summed E-state index contributed by atoms with van der Waals surface area (Å²) in [5.74, 6) is 0. The van der Waals surface area contributed by atoms with E-state index < -0.39 is 5.41 Å². The van der Waals surface area contributed by atoms with Crippen molar-refractivity contribution in [2.24, 2.45) is 0 Å². The molecule has 0 saturated carbocycles. The zero-order valence-corrected chi connectivity index (χ0v) is 45.1. The van der Waals surface area contributed by atoms with E-state index in [1.807, 2.05) is 11.3 Å². The smallest absolute Gasteiger partial charge is 0.264 e. The summed E-state index contributed by atoms with van der Waals surface area (Å²) in [4.78, 5) is 5.22. The maximum absolute atomic E-state index is 2.65. The molecule has 1 aromatic heterocycles. The molecular weight excluding hydrogens is 912 g/mol. The van der Waals surface area contributed by atoms with E-state index in [1.165, 1.54) is 138 Å². The van der Waals surface area contributed by atoms with Crippen LogP contribution in [0.2, 0.25) is 0 Å². The Morgan fingerprint density at radius 1 is 0.419 bits per heavy atom. The molecule has 0 N–H and O–H groups in total. The van der Waals surface area contributed by atoms with E-state index in [2.05, 4.69) is 267 Å². The first-order valence-electron chi connectivity index (χ1n) is 26.6. The van der Waals surface area contributed by atoms with Crippen molar-refractivity contribution in [1.29, 1.82) is 0 Å². The molecule has 0 atom stereocenters. The van der Waals surface area contributed by atoms with Crippen LogP contribution >= 0.6 is 11.3 Å². The third kappa shape index (κ3) is 6.37. The van der Waals surface area contributed by atoms with Gasteiger partial charge in [0.15, 0.2) is 0 Å². The molecule has 2 aliphatic carbocycles. The fraction of sp³-hybridized carbons (Fsp3) is 0.200. The molecule has 74 heavy (non-hydrogen) atoms. The van der Waals surface area contributed by atoms with Crippen LogP contribution in [0.15, 0.2) is 188 Å². The van der Waals surface area contributed by atoms with Gasteiger partial charge in [0.1, 0.15) is 0 Å². The topological polar surface area (TPSA) is 6.48 Å². The summed E-state index contributed by atoms with van der Waals surface area (Å²) in [6.07, 6.45) is 0. The van der Waals surface area contributed by atoms with Crippen LogP contribution in [0.3, 0.4) is 0 Å². The van der Waals surface area contributed by atoms with Gasteiger partial charge < -0.3 is 9.80 Å². The van der Waals surface area contributed by atoms with E-state index in [4.69, 9.17) is 0 Å². The molecule has 10 aromatic rings. The molecular formula is C70H61BN2S. The Bertz CT molecular complexity index is 3920. The van der Waals surface area contributed by atoms with E-state index >= 15 is 0 Å². The quantitative estimate of drug-likeness (QED) is 0.163. The number of rotatable bonds is 3. The van der Waals surface area contributed by atoms with E-state index in [0.717, 1.165) is 0 Å². The summed E-state index contributed by atoms with van der Waals surface area (Å²) >= 11 is 2.01. The van der Waals surface area contributed by atoms with Gasteiger partial charge in [-0.05, 0) is 167 Å². The molecule has 360 valence electrons. The summed E-state index contributed by atoms with van der Waals surface area (Å²) in [5, 5.41) is 1.31. The highest BCUT2D eigenvalue weighted by Crippen LogP contribution is 2.64. The van der Waals surface area contributed by atoms with Crippen LogP contribution in [-0.4, -0.2) is 6.71 Å². The van der Waals surface area contributed by atoms with Crippen molar-refractivity contribution in [2.45, 2.75) is 90.9 Å². The fourth-order valence-corrected chi connectivity index (χ4v) is 14.6. The zero-order chi connectivity index (χ0) is 50.8. The van der Waals surface area contributed by atoms with Crippen molar-refractivity contribution < 1.29 is 0 Å². The lowest BCUT2D eigenvalue weighted by Crippen LogP contribution is -2.60. The van der Waals surface area contributed by atoms with Crippen LogP contribution in [0.4, 0.5) is 34.1 Å². The van der Waals surface area contributed by atoms with Gasteiger partial charge >= 0.3 is 0 Å². The molecule has 3 heterocycles. The second-order valence-electron chi connectivity index (χ2n) is 24.6. The minimum Gasteiger partial charge on any atom is -0.311 e. The summed E-state index contributed by atoms with van der Waals surface area (Å²) in [6, 6.07) is 73.1. The molecule has 0 amide bonds. The number of hydrogen-bond donors (Lipinski definition) is 0. The maximum atomic E-state index is 2.65. The summed E-state index contributed by atoms with van der Waals surface area (Å²) in [7, 11) is 0. The highest BCUT2D eigenvalue weighted by atomic mass is 32.1. The zero-order valence-electron chi connectivity index (χ0n) is 44.3. The van der Waals surface area contributed by atoms with E-state index in [0.29, 0.717) is 0 Å². The van der Waals surface area contributed by atoms with Crippen LogP contribution in [0.1, 0.15) is 107 Å². The van der Waals surface area contributed by atoms with Crippen molar-refractivity contribution in [2.75, 3.05) is 9.80 Å². The lowest BCUT2D eigenvalue weighted by Gasteiger charge is -2.43. The predicted molar refractivity (Wildman–Crippen MR) is 318 cm³/mol. The van der Waals surface area contributed by atoms with Gasteiger partial charge in [0, 0.05) is 43.3 Å². The van der Waals surface area contributed by atoms with Gasteiger partial charge in [-0.25, -0.2) is 0 Å². The van der Waals surface area contributed by atoms with E-state index in [9.17, 15) is 0 Å². The second kappa shape index (κ2) is 15.6. The summed E-state index contributed by atoms with van der Waals surface area (Å²) < 4.78 is 2.71. The summed E-state index contributed by atoms with van der Waals surface area (Å²) in [5.41, 5.74) is 28.3. The van der Waals surface area contributed by atoms with E-state index in [1.54, 1.807) is 0 Å². The van der Waals surface area contributed by atoms with Crippen LogP contribution in [0.5, 0.6) is 0 Å². The van der Waals surface area contributed by atoms with Gasteiger partial charge in [-0.2, -0.15) is 0 Å². The van der Waals surface area contributed by atoms with E-state index in [-0.39, 0.29) is 23.0 Å². The van der Waals surface area contributed by atoms with Crippen molar-refractivity contribution >= 4 is 78.0 Å². The number of anilines is 6. The Hall–Kier alpha value is -7.40. The number of fused-ring (bicyclic) bond motifs is 16. The van der Waals surface area contributed by atoms with Gasteiger partial charge in [-0.3, -0.25) is 0 Å². The minimum absolute atomic E-state index is 0.00128. The number of hydrogen-bond acceptors (Lipinski definition) is 3. The highest BCUT2D eigenvalue weighted by molar-refractivity contribution is 7.33. The van der Waals surface area contributed by atoms with Crippen molar-refractivity contribution in [3.05, 3.63) is 233 Å². The lowest BCUT2D eigenvalue weighted by molar-refractivity contribution is 0.588. The van der Waals surface area contributed by atoms with Crippen LogP contribution in [0.25, 0.3) is 43.5 Å². The minimum atomic E-state index is -0.457. The molecule has 0 radical (unpaired) electrons. The molecule has 9 aromatic carbocycles. The lowest BCUT2D eigenvalue weighted by atomic mass is 9.36. The van der Waals surface area contributed by atoms with Gasteiger partial charge in [-0.15, -0.1) is 11.3 Å². The Morgan fingerprint density at radius 3 is 1.55 bits per heavy atom. The van der Waals surface area contributed by atoms with Crippen molar-refractivity contribution in [3.63, 3.8) is 0 Å². The van der Waals surface area contributed by atoms with Crippen LogP contribution in [-0.2, 0) is 21.7 Å². The van der Waals surface area contributed by atoms with Crippen LogP contribution in [0, 0.1) is 6.92 Å². The van der Waals surface area contributed by atoms with Crippen molar-refractivity contribution in [1.82, 2.24) is 0 Å². The normalized spacial score (nSPS) is 14.6. The molecule has 2 nitrogen and oxygen atoms in total. The van der Waals surface area contributed by atoms with Crippen LogP contribution < -0.4 is 25.5 Å². The third-order valence-corrected chi connectivity index (χ3v) is 18.2.